The van der Waals surface area contributed by atoms with Crippen LogP contribution in [0.3, 0.4) is 0 Å². The van der Waals surface area contributed by atoms with Crippen LogP contribution in [-0.2, 0) is 9.59 Å². The molecule has 2 aromatic rings. The minimum atomic E-state index is -0.198. The van der Waals surface area contributed by atoms with E-state index in [1.165, 1.54) is 11.3 Å². The van der Waals surface area contributed by atoms with Crippen molar-refractivity contribution in [2.45, 2.75) is 26.7 Å². The van der Waals surface area contributed by atoms with Gasteiger partial charge in [0.2, 0.25) is 11.8 Å². The number of nitrogens with zero attached hydrogens (tertiary/aromatic N) is 1. The quantitative estimate of drug-likeness (QED) is 0.860. The van der Waals surface area contributed by atoms with Gasteiger partial charge in [-0.05, 0) is 44.5 Å². The predicted molar refractivity (Wildman–Crippen MR) is 97.8 cm³/mol. The fourth-order valence-corrected chi connectivity index (χ4v) is 3.60. The van der Waals surface area contributed by atoms with E-state index in [9.17, 15) is 9.59 Å². The summed E-state index contributed by atoms with van der Waals surface area (Å²) in [5.41, 5.74) is 1.85. The van der Waals surface area contributed by atoms with Gasteiger partial charge in [-0.2, -0.15) is 0 Å². The molecular weight excluding hydrogens is 338 g/mol. The van der Waals surface area contributed by atoms with Gasteiger partial charge in [0, 0.05) is 23.4 Å². The standard InChI is InChI=1S/C18H21N3O3S/c1-3-24-14-7-4-12(5-8-14)16-11(2)25-18(20-16)21-17(23)13-6-9-15(22)19-10-13/h4-5,7-8,13H,3,6,9-10H2,1-2H3,(H,19,22)(H,20,21,23)/t13-/m1/s1. The summed E-state index contributed by atoms with van der Waals surface area (Å²) >= 11 is 1.45. The van der Waals surface area contributed by atoms with Crippen LogP contribution in [0.25, 0.3) is 11.3 Å². The molecule has 0 saturated carbocycles. The Morgan fingerprint density at radius 2 is 2.16 bits per heavy atom. The van der Waals surface area contributed by atoms with Gasteiger partial charge in [0.25, 0.3) is 0 Å². The number of amides is 2. The average molecular weight is 359 g/mol. The lowest BCUT2D eigenvalue weighted by atomic mass is 9.98. The van der Waals surface area contributed by atoms with Gasteiger partial charge in [-0.3, -0.25) is 9.59 Å². The molecule has 1 aliphatic heterocycles. The molecular formula is C18H21N3O3S. The van der Waals surface area contributed by atoms with Crippen LogP contribution in [0.1, 0.15) is 24.6 Å². The van der Waals surface area contributed by atoms with Gasteiger partial charge in [0.15, 0.2) is 5.13 Å². The molecule has 0 aliphatic carbocycles. The van der Waals surface area contributed by atoms with Crippen LogP contribution in [0.2, 0.25) is 0 Å². The van der Waals surface area contributed by atoms with E-state index in [0.717, 1.165) is 21.9 Å². The number of hydrogen-bond donors (Lipinski definition) is 2. The average Bonchev–Trinajstić information content (AvgIpc) is 2.96. The van der Waals surface area contributed by atoms with Crippen LogP contribution in [0.15, 0.2) is 24.3 Å². The number of benzene rings is 1. The minimum Gasteiger partial charge on any atom is -0.494 e. The first-order valence-electron chi connectivity index (χ1n) is 8.35. The van der Waals surface area contributed by atoms with Crippen molar-refractivity contribution in [3.8, 4) is 17.0 Å². The smallest absolute Gasteiger partial charge is 0.231 e. The van der Waals surface area contributed by atoms with Crippen LogP contribution in [0.5, 0.6) is 5.75 Å². The van der Waals surface area contributed by atoms with Crippen LogP contribution in [-0.4, -0.2) is 29.9 Å². The van der Waals surface area contributed by atoms with Gasteiger partial charge in [-0.15, -0.1) is 11.3 Å². The maximum atomic E-state index is 12.3. The monoisotopic (exact) mass is 359 g/mol. The Morgan fingerprint density at radius 1 is 1.40 bits per heavy atom. The molecule has 1 atom stereocenters. The van der Waals surface area contributed by atoms with E-state index in [4.69, 9.17) is 4.74 Å². The molecule has 0 unspecified atom stereocenters. The highest BCUT2D eigenvalue weighted by molar-refractivity contribution is 7.16. The molecule has 2 heterocycles. The second kappa shape index (κ2) is 7.65. The Bertz CT molecular complexity index is 760. The van der Waals surface area contributed by atoms with Crippen LogP contribution < -0.4 is 15.4 Å². The topological polar surface area (TPSA) is 80.3 Å². The third kappa shape index (κ3) is 4.17. The minimum absolute atomic E-state index is 0.00642. The zero-order valence-electron chi connectivity index (χ0n) is 14.3. The molecule has 0 radical (unpaired) electrons. The SMILES string of the molecule is CCOc1ccc(-c2nc(NC(=O)[C@@H]3CCC(=O)NC3)sc2C)cc1. The van der Waals surface area contributed by atoms with Crippen molar-refractivity contribution in [1.29, 1.82) is 0 Å². The summed E-state index contributed by atoms with van der Waals surface area (Å²) in [5.74, 6) is 0.543. The number of piperidine rings is 1. The number of rotatable bonds is 5. The number of hydrogen-bond acceptors (Lipinski definition) is 5. The molecule has 7 heteroatoms. The Kier molecular flexibility index (Phi) is 5.33. The molecule has 6 nitrogen and oxygen atoms in total. The highest BCUT2D eigenvalue weighted by Crippen LogP contribution is 2.31. The Labute approximate surface area is 150 Å². The van der Waals surface area contributed by atoms with Crippen molar-refractivity contribution >= 4 is 28.3 Å². The molecule has 0 bridgehead atoms. The normalized spacial score (nSPS) is 17.0. The summed E-state index contributed by atoms with van der Waals surface area (Å²) in [7, 11) is 0. The van der Waals surface area contributed by atoms with Crippen molar-refractivity contribution in [3.05, 3.63) is 29.1 Å². The number of aromatic nitrogens is 1. The largest absolute Gasteiger partial charge is 0.494 e. The second-order valence-electron chi connectivity index (χ2n) is 5.91. The lowest BCUT2D eigenvalue weighted by Gasteiger charge is -2.20. The molecule has 1 fully saturated rings. The molecule has 2 amide bonds. The molecule has 3 rings (SSSR count). The van der Waals surface area contributed by atoms with E-state index in [1.807, 2.05) is 38.1 Å². The van der Waals surface area contributed by atoms with E-state index < -0.39 is 0 Å². The van der Waals surface area contributed by atoms with E-state index in [2.05, 4.69) is 15.6 Å². The summed E-state index contributed by atoms with van der Waals surface area (Å²) in [6.07, 6.45) is 0.972. The maximum absolute atomic E-state index is 12.3. The number of ether oxygens (including phenoxy) is 1. The van der Waals surface area contributed by atoms with Crippen molar-refractivity contribution < 1.29 is 14.3 Å². The van der Waals surface area contributed by atoms with Gasteiger partial charge < -0.3 is 15.4 Å². The molecule has 25 heavy (non-hydrogen) atoms. The number of aryl methyl sites for hydroxylation is 1. The van der Waals surface area contributed by atoms with E-state index >= 15 is 0 Å². The summed E-state index contributed by atoms with van der Waals surface area (Å²) in [6, 6.07) is 7.77. The van der Waals surface area contributed by atoms with Crippen LogP contribution in [0, 0.1) is 12.8 Å². The third-order valence-electron chi connectivity index (χ3n) is 4.10. The highest BCUT2D eigenvalue weighted by atomic mass is 32.1. The Balaban J connectivity index is 1.69. The van der Waals surface area contributed by atoms with Crippen LogP contribution >= 0.6 is 11.3 Å². The summed E-state index contributed by atoms with van der Waals surface area (Å²) in [6.45, 7) is 4.96. The zero-order valence-corrected chi connectivity index (χ0v) is 15.1. The Hall–Kier alpha value is -2.41. The predicted octanol–water partition coefficient (Wildman–Crippen LogP) is 2.98. The Morgan fingerprint density at radius 3 is 2.80 bits per heavy atom. The van der Waals surface area contributed by atoms with Gasteiger partial charge in [0.1, 0.15) is 5.75 Å². The molecule has 1 aromatic heterocycles. The first-order valence-corrected chi connectivity index (χ1v) is 9.16. The summed E-state index contributed by atoms with van der Waals surface area (Å²) in [4.78, 5) is 29.1. The molecule has 0 spiro atoms. The number of anilines is 1. The third-order valence-corrected chi connectivity index (χ3v) is 4.99. The van der Waals surface area contributed by atoms with E-state index in [0.29, 0.717) is 31.1 Å². The highest BCUT2D eigenvalue weighted by Gasteiger charge is 2.25. The van der Waals surface area contributed by atoms with Gasteiger partial charge in [-0.25, -0.2) is 4.98 Å². The van der Waals surface area contributed by atoms with Crippen LogP contribution in [0.4, 0.5) is 5.13 Å². The first kappa shape index (κ1) is 17.4. The number of nitrogens with one attached hydrogen (secondary N) is 2. The molecule has 2 N–H and O–H groups in total. The first-order chi connectivity index (χ1) is 12.1. The van der Waals surface area contributed by atoms with E-state index in [1.54, 1.807) is 0 Å². The van der Waals surface area contributed by atoms with Crippen molar-refractivity contribution in [3.63, 3.8) is 0 Å². The molecule has 132 valence electrons. The van der Waals surface area contributed by atoms with Crippen molar-refractivity contribution in [1.82, 2.24) is 10.3 Å². The van der Waals surface area contributed by atoms with Gasteiger partial charge in [0.05, 0.1) is 18.2 Å². The molecule has 1 saturated heterocycles. The number of carbonyl (C=O) groups excluding carboxylic acids is 2. The fraction of sp³-hybridized carbons (Fsp3) is 0.389. The maximum Gasteiger partial charge on any atom is 0.231 e. The fourth-order valence-electron chi connectivity index (χ4n) is 2.76. The number of thiazole rings is 1. The lowest BCUT2D eigenvalue weighted by Crippen LogP contribution is -2.40. The van der Waals surface area contributed by atoms with Crippen molar-refractivity contribution in [2.75, 3.05) is 18.5 Å². The van der Waals surface area contributed by atoms with Gasteiger partial charge >= 0.3 is 0 Å². The lowest BCUT2D eigenvalue weighted by molar-refractivity contribution is -0.126. The second-order valence-corrected chi connectivity index (χ2v) is 7.11. The number of carbonyl (C=O) groups is 2. The molecule has 1 aliphatic rings. The van der Waals surface area contributed by atoms with Gasteiger partial charge in [-0.1, -0.05) is 0 Å². The summed E-state index contributed by atoms with van der Waals surface area (Å²) in [5, 5.41) is 6.20. The molecule has 1 aromatic carbocycles. The van der Waals surface area contributed by atoms with Crippen molar-refractivity contribution in [2.24, 2.45) is 5.92 Å². The zero-order chi connectivity index (χ0) is 17.8. The summed E-state index contributed by atoms with van der Waals surface area (Å²) < 4.78 is 5.45. The van der Waals surface area contributed by atoms with E-state index in [-0.39, 0.29) is 17.7 Å².